The summed E-state index contributed by atoms with van der Waals surface area (Å²) < 4.78 is 0. The second-order valence-corrected chi connectivity index (χ2v) is 6.30. The lowest BCUT2D eigenvalue weighted by atomic mass is 9.95. The molecule has 7 nitrogen and oxygen atoms in total. The number of likely N-dealkylation sites (tertiary alicyclic amines) is 1. The van der Waals surface area contributed by atoms with E-state index < -0.39 is 0 Å². The molecule has 1 aromatic carbocycles. The average Bonchev–Trinajstić information content (AvgIpc) is 2.61. The third-order valence-corrected chi connectivity index (χ3v) is 4.39. The Kier molecular flexibility index (Phi) is 9.39. The van der Waals surface area contributed by atoms with Gasteiger partial charge in [0.15, 0.2) is 5.96 Å². The molecule has 1 fully saturated rings. The van der Waals surface area contributed by atoms with Gasteiger partial charge in [0, 0.05) is 45.7 Å². The van der Waals surface area contributed by atoms with Crippen LogP contribution in [-0.4, -0.2) is 49.9 Å². The Morgan fingerprint density at radius 3 is 2.81 bits per heavy atom. The van der Waals surface area contributed by atoms with E-state index in [0.717, 1.165) is 37.5 Å². The lowest BCUT2D eigenvalue weighted by Gasteiger charge is -2.34. The van der Waals surface area contributed by atoms with Crippen LogP contribution < -0.4 is 16.4 Å². The molecule has 1 saturated heterocycles. The van der Waals surface area contributed by atoms with E-state index in [1.807, 2.05) is 18.2 Å². The van der Waals surface area contributed by atoms with Crippen molar-refractivity contribution in [2.75, 3.05) is 27.2 Å². The van der Waals surface area contributed by atoms with Gasteiger partial charge in [-0.1, -0.05) is 12.1 Å². The number of piperidine rings is 1. The van der Waals surface area contributed by atoms with Gasteiger partial charge in [-0.25, -0.2) is 0 Å². The average molecular weight is 473 g/mol. The zero-order valence-corrected chi connectivity index (χ0v) is 17.7. The van der Waals surface area contributed by atoms with Crippen LogP contribution >= 0.6 is 24.0 Å². The smallest absolute Gasteiger partial charge is 0.251 e. The highest BCUT2D eigenvalue weighted by atomic mass is 127. The van der Waals surface area contributed by atoms with Gasteiger partial charge in [-0.05, 0) is 36.5 Å². The molecule has 0 bridgehead atoms. The number of nitrogens with two attached hydrogens (primary N) is 1. The molecule has 1 aliphatic rings. The van der Waals surface area contributed by atoms with E-state index in [1.165, 1.54) is 0 Å². The summed E-state index contributed by atoms with van der Waals surface area (Å²) >= 11 is 0. The van der Waals surface area contributed by atoms with Crippen molar-refractivity contribution in [1.29, 1.82) is 0 Å². The first-order valence-electron chi connectivity index (χ1n) is 8.58. The second kappa shape index (κ2) is 11.0. The molecule has 0 aromatic heterocycles. The quantitative estimate of drug-likeness (QED) is 0.341. The molecular formula is C18H28IN5O2. The summed E-state index contributed by atoms with van der Waals surface area (Å²) in [6.07, 6.45) is 2.46. The van der Waals surface area contributed by atoms with Gasteiger partial charge in [0.2, 0.25) is 5.91 Å². The highest BCUT2D eigenvalue weighted by Gasteiger charge is 2.23. The molecule has 144 valence electrons. The molecule has 0 saturated carbocycles. The van der Waals surface area contributed by atoms with E-state index in [2.05, 4.69) is 20.5 Å². The molecular weight excluding hydrogens is 445 g/mol. The number of amides is 2. The number of nitrogens with one attached hydrogen (secondary N) is 2. The van der Waals surface area contributed by atoms with Crippen LogP contribution in [0.15, 0.2) is 29.3 Å². The molecule has 1 aromatic rings. The van der Waals surface area contributed by atoms with Crippen LogP contribution in [0.1, 0.15) is 35.2 Å². The number of guanidine groups is 1. The molecule has 0 aliphatic carbocycles. The maximum Gasteiger partial charge on any atom is 0.251 e. The van der Waals surface area contributed by atoms with E-state index in [4.69, 9.17) is 5.73 Å². The number of hydrogen-bond donors (Lipinski definition) is 3. The largest absolute Gasteiger partial charge is 0.370 e. The Bertz CT molecular complexity index is 650. The number of aliphatic imine (C=N–C) groups is 1. The SMILES string of the molecule is CN=C(NCc1cccc(C(=O)NC)c1)N1CCCC(CC(N)=O)C1.I. The van der Waals surface area contributed by atoms with Crippen LogP contribution in [0.3, 0.4) is 0 Å². The zero-order chi connectivity index (χ0) is 18.2. The number of carbonyl (C=O) groups excluding carboxylic acids is 2. The van der Waals surface area contributed by atoms with Gasteiger partial charge < -0.3 is 21.3 Å². The van der Waals surface area contributed by atoms with Crippen molar-refractivity contribution in [1.82, 2.24) is 15.5 Å². The van der Waals surface area contributed by atoms with Crippen LogP contribution in [-0.2, 0) is 11.3 Å². The highest BCUT2D eigenvalue weighted by molar-refractivity contribution is 14.0. The number of halogens is 1. The van der Waals surface area contributed by atoms with Crippen molar-refractivity contribution < 1.29 is 9.59 Å². The summed E-state index contributed by atoms with van der Waals surface area (Å²) in [6, 6.07) is 7.49. The van der Waals surface area contributed by atoms with Crippen LogP contribution in [0.25, 0.3) is 0 Å². The standard InChI is InChI=1S/C18H27N5O2.HI/c1-20-17(25)15-7-3-5-13(9-15)11-22-18(21-2)23-8-4-6-14(12-23)10-16(19)24;/h3,5,7,9,14H,4,6,8,10-12H2,1-2H3,(H2,19,24)(H,20,25)(H,21,22);1H. The van der Waals surface area contributed by atoms with Crippen molar-refractivity contribution in [2.45, 2.75) is 25.8 Å². The van der Waals surface area contributed by atoms with E-state index in [0.29, 0.717) is 18.5 Å². The van der Waals surface area contributed by atoms with Gasteiger partial charge in [0.05, 0.1) is 0 Å². The molecule has 1 aliphatic heterocycles. The van der Waals surface area contributed by atoms with Gasteiger partial charge in [0.1, 0.15) is 0 Å². The third-order valence-electron chi connectivity index (χ3n) is 4.39. The molecule has 1 atom stereocenters. The number of benzene rings is 1. The monoisotopic (exact) mass is 473 g/mol. The normalized spacial score (nSPS) is 17.2. The lowest BCUT2D eigenvalue weighted by molar-refractivity contribution is -0.119. The molecule has 2 amide bonds. The molecule has 8 heteroatoms. The Labute approximate surface area is 171 Å². The van der Waals surface area contributed by atoms with E-state index in [1.54, 1.807) is 20.2 Å². The first kappa shape index (κ1) is 22.2. The van der Waals surface area contributed by atoms with E-state index in [9.17, 15) is 9.59 Å². The first-order valence-corrected chi connectivity index (χ1v) is 8.58. The minimum Gasteiger partial charge on any atom is -0.370 e. The zero-order valence-electron chi connectivity index (χ0n) is 15.3. The minimum absolute atomic E-state index is 0. The summed E-state index contributed by atoms with van der Waals surface area (Å²) in [4.78, 5) is 29.4. The molecule has 26 heavy (non-hydrogen) atoms. The van der Waals surface area contributed by atoms with Gasteiger partial charge in [0.25, 0.3) is 5.91 Å². The second-order valence-electron chi connectivity index (χ2n) is 6.30. The molecule has 4 N–H and O–H groups in total. The van der Waals surface area contributed by atoms with Crippen LogP contribution in [0, 0.1) is 5.92 Å². The Morgan fingerprint density at radius 1 is 1.38 bits per heavy atom. The van der Waals surface area contributed by atoms with Crippen molar-refractivity contribution in [3.8, 4) is 0 Å². The molecule has 1 unspecified atom stereocenters. The summed E-state index contributed by atoms with van der Waals surface area (Å²) in [5.41, 5.74) is 6.97. The Morgan fingerprint density at radius 2 is 2.15 bits per heavy atom. The Hall–Kier alpha value is -1.84. The molecule has 0 radical (unpaired) electrons. The lowest BCUT2D eigenvalue weighted by Crippen LogP contribution is -2.46. The van der Waals surface area contributed by atoms with Crippen molar-refractivity contribution >= 4 is 41.8 Å². The van der Waals surface area contributed by atoms with E-state index in [-0.39, 0.29) is 41.7 Å². The number of rotatable bonds is 5. The van der Waals surface area contributed by atoms with Gasteiger partial charge in [-0.2, -0.15) is 0 Å². The first-order chi connectivity index (χ1) is 12.0. The number of primary amides is 1. The predicted molar refractivity (Wildman–Crippen MR) is 114 cm³/mol. The van der Waals surface area contributed by atoms with Crippen molar-refractivity contribution in [3.05, 3.63) is 35.4 Å². The summed E-state index contributed by atoms with van der Waals surface area (Å²) in [5, 5.41) is 5.97. The predicted octanol–water partition coefficient (Wildman–Crippen LogP) is 1.33. The maximum atomic E-state index is 11.7. The highest BCUT2D eigenvalue weighted by Crippen LogP contribution is 2.19. The minimum atomic E-state index is -0.249. The molecule has 1 heterocycles. The summed E-state index contributed by atoms with van der Waals surface area (Å²) in [5.74, 6) is 0.735. The van der Waals surface area contributed by atoms with Crippen LogP contribution in [0.4, 0.5) is 0 Å². The Balaban J connectivity index is 0.00000338. The van der Waals surface area contributed by atoms with Gasteiger partial charge >= 0.3 is 0 Å². The number of nitrogens with zero attached hydrogens (tertiary/aromatic N) is 2. The van der Waals surface area contributed by atoms with Crippen LogP contribution in [0.2, 0.25) is 0 Å². The number of hydrogen-bond acceptors (Lipinski definition) is 3. The number of carbonyl (C=O) groups is 2. The van der Waals surface area contributed by atoms with Gasteiger partial charge in [-0.3, -0.25) is 14.6 Å². The van der Waals surface area contributed by atoms with Crippen molar-refractivity contribution in [3.63, 3.8) is 0 Å². The maximum absolute atomic E-state index is 11.7. The topological polar surface area (TPSA) is 99.8 Å². The fraction of sp³-hybridized carbons (Fsp3) is 0.500. The van der Waals surface area contributed by atoms with Gasteiger partial charge in [-0.15, -0.1) is 24.0 Å². The van der Waals surface area contributed by atoms with E-state index >= 15 is 0 Å². The summed E-state index contributed by atoms with van der Waals surface area (Å²) in [6.45, 7) is 2.27. The van der Waals surface area contributed by atoms with Crippen LogP contribution in [0.5, 0.6) is 0 Å². The molecule has 0 spiro atoms. The fourth-order valence-electron chi connectivity index (χ4n) is 3.19. The fourth-order valence-corrected chi connectivity index (χ4v) is 3.19. The summed E-state index contributed by atoms with van der Waals surface area (Å²) in [7, 11) is 3.37. The van der Waals surface area contributed by atoms with Crippen molar-refractivity contribution in [2.24, 2.45) is 16.6 Å². The molecule has 2 rings (SSSR count). The third kappa shape index (κ3) is 6.47.